The van der Waals surface area contributed by atoms with Crippen molar-refractivity contribution in [1.82, 2.24) is 0 Å². The molecule has 0 aliphatic carbocycles. The normalized spacial score (nSPS) is 12.3. The standard InChI is InChI=1S/C17H34O4/c1-3-4-5-6-7-8-9-10-11-12-13-20-15-17(14-18)21-16(2)19/h17-18H,3-15H2,1-2H3. The highest BCUT2D eigenvalue weighted by Crippen LogP contribution is 2.10. The van der Waals surface area contributed by atoms with Gasteiger partial charge in [0.1, 0.15) is 6.10 Å². The number of carbonyl (C=O) groups is 1. The topological polar surface area (TPSA) is 55.8 Å². The van der Waals surface area contributed by atoms with Crippen molar-refractivity contribution < 1.29 is 19.4 Å². The van der Waals surface area contributed by atoms with Crippen molar-refractivity contribution in [2.75, 3.05) is 19.8 Å². The van der Waals surface area contributed by atoms with Crippen LogP contribution in [-0.2, 0) is 14.3 Å². The Balaban J connectivity index is 3.19. The van der Waals surface area contributed by atoms with E-state index in [-0.39, 0.29) is 19.2 Å². The van der Waals surface area contributed by atoms with Gasteiger partial charge in [0.15, 0.2) is 0 Å². The third-order valence-corrected chi connectivity index (χ3v) is 3.48. The molecule has 0 fully saturated rings. The van der Waals surface area contributed by atoms with Gasteiger partial charge in [0.2, 0.25) is 0 Å². The summed E-state index contributed by atoms with van der Waals surface area (Å²) in [4.78, 5) is 10.7. The second-order valence-corrected chi connectivity index (χ2v) is 5.67. The van der Waals surface area contributed by atoms with Gasteiger partial charge in [-0.3, -0.25) is 4.79 Å². The average Bonchev–Trinajstić information content (AvgIpc) is 2.46. The molecule has 0 radical (unpaired) electrons. The van der Waals surface area contributed by atoms with Crippen molar-refractivity contribution in [2.45, 2.75) is 84.2 Å². The lowest BCUT2D eigenvalue weighted by molar-refractivity contribution is -0.152. The van der Waals surface area contributed by atoms with Gasteiger partial charge >= 0.3 is 5.97 Å². The van der Waals surface area contributed by atoms with Crippen molar-refractivity contribution in [2.24, 2.45) is 0 Å². The molecule has 0 saturated heterocycles. The molecule has 0 rings (SSSR count). The van der Waals surface area contributed by atoms with Gasteiger partial charge in [-0.2, -0.15) is 0 Å². The van der Waals surface area contributed by atoms with E-state index < -0.39 is 6.10 Å². The van der Waals surface area contributed by atoms with E-state index in [0.29, 0.717) is 6.61 Å². The van der Waals surface area contributed by atoms with Gasteiger partial charge < -0.3 is 14.6 Å². The summed E-state index contributed by atoms with van der Waals surface area (Å²) in [5.74, 6) is -0.378. The summed E-state index contributed by atoms with van der Waals surface area (Å²) in [5, 5.41) is 8.99. The van der Waals surface area contributed by atoms with E-state index in [0.717, 1.165) is 6.42 Å². The molecule has 1 atom stereocenters. The van der Waals surface area contributed by atoms with Gasteiger partial charge in [0.25, 0.3) is 0 Å². The Kier molecular flexibility index (Phi) is 15.3. The van der Waals surface area contributed by atoms with Crippen LogP contribution in [0.15, 0.2) is 0 Å². The number of unbranched alkanes of at least 4 members (excludes halogenated alkanes) is 9. The molecule has 126 valence electrons. The molecule has 0 aliphatic rings. The monoisotopic (exact) mass is 302 g/mol. The highest BCUT2D eigenvalue weighted by molar-refractivity contribution is 5.66. The molecule has 1 N–H and O–H groups in total. The van der Waals surface area contributed by atoms with E-state index in [1.54, 1.807) is 0 Å². The van der Waals surface area contributed by atoms with E-state index in [1.807, 2.05) is 0 Å². The van der Waals surface area contributed by atoms with Crippen LogP contribution in [0.1, 0.15) is 78.1 Å². The number of hydrogen-bond acceptors (Lipinski definition) is 4. The maximum atomic E-state index is 10.7. The van der Waals surface area contributed by atoms with Crippen molar-refractivity contribution >= 4 is 5.97 Å². The molecule has 0 aromatic heterocycles. The fourth-order valence-electron chi connectivity index (χ4n) is 2.27. The summed E-state index contributed by atoms with van der Waals surface area (Å²) >= 11 is 0. The predicted octanol–water partition coefficient (Wildman–Crippen LogP) is 3.85. The lowest BCUT2D eigenvalue weighted by Gasteiger charge is -2.14. The van der Waals surface area contributed by atoms with Gasteiger partial charge in [-0.25, -0.2) is 0 Å². The van der Waals surface area contributed by atoms with Crippen molar-refractivity contribution in [3.8, 4) is 0 Å². The van der Waals surface area contributed by atoms with Crippen LogP contribution in [-0.4, -0.2) is 37.0 Å². The smallest absolute Gasteiger partial charge is 0.303 e. The Hall–Kier alpha value is -0.610. The Morgan fingerprint density at radius 1 is 0.952 bits per heavy atom. The summed E-state index contributed by atoms with van der Waals surface area (Å²) < 4.78 is 10.3. The number of carbonyl (C=O) groups excluding carboxylic acids is 1. The second kappa shape index (κ2) is 15.8. The lowest BCUT2D eigenvalue weighted by Crippen LogP contribution is -2.26. The highest BCUT2D eigenvalue weighted by atomic mass is 16.6. The fourth-order valence-corrected chi connectivity index (χ4v) is 2.27. The van der Waals surface area contributed by atoms with E-state index in [4.69, 9.17) is 14.6 Å². The minimum absolute atomic E-state index is 0.183. The largest absolute Gasteiger partial charge is 0.458 e. The first-order chi connectivity index (χ1) is 10.2. The van der Waals surface area contributed by atoms with Gasteiger partial charge in [-0.15, -0.1) is 0 Å². The molecule has 0 spiro atoms. The number of aliphatic hydroxyl groups is 1. The molecule has 0 aliphatic heterocycles. The Morgan fingerprint density at radius 3 is 1.95 bits per heavy atom. The Labute approximate surface area is 130 Å². The second-order valence-electron chi connectivity index (χ2n) is 5.67. The zero-order valence-corrected chi connectivity index (χ0v) is 13.9. The fraction of sp³-hybridized carbons (Fsp3) is 0.941. The average molecular weight is 302 g/mol. The summed E-state index contributed by atoms with van der Waals surface area (Å²) in [6.45, 7) is 4.36. The molecular weight excluding hydrogens is 268 g/mol. The van der Waals surface area contributed by atoms with Crippen molar-refractivity contribution in [1.29, 1.82) is 0 Å². The molecule has 0 aromatic carbocycles. The van der Waals surface area contributed by atoms with Crippen LogP contribution in [0.4, 0.5) is 0 Å². The van der Waals surface area contributed by atoms with Crippen LogP contribution in [0.2, 0.25) is 0 Å². The third kappa shape index (κ3) is 15.6. The lowest BCUT2D eigenvalue weighted by atomic mass is 10.1. The summed E-state index contributed by atoms with van der Waals surface area (Å²) in [6, 6.07) is 0. The number of aliphatic hydroxyl groups excluding tert-OH is 1. The van der Waals surface area contributed by atoms with E-state index in [2.05, 4.69) is 6.92 Å². The maximum absolute atomic E-state index is 10.7. The van der Waals surface area contributed by atoms with Crippen LogP contribution in [0.5, 0.6) is 0 Å². The summed E-state index contributed by atoms with van der Waals surface area (Å²) in [5.41, 5.74) is 0. The number of esters is 1. The Bertz CT molecular complexity index is 231. The molecule has 0 saturated carbocycles. The van der Waals surface area contributed by atoms with Gasteiger partial charge in [0, 0.05) is 13.5 Å². The summed E-state index contributed by atoms with van der Waals surface area (Å²) in [6.07, 6.45) is 12.5. The molecule has 0 amide bonds. The minimum Gasteiger partial charge on any atom is -0.458 e. The van der Waals surface area contributed by atoms with E-state index >= 15 is 0 Å². The molecule has 0 aromatic rings. The first kappa shape index (κ1) is 20.4. The number of rotatable bonds is 15. The van der Waals surface area contributed by atoms with Crippen LogP contribution in [0.3, 0.4) is 0 Å². The molecule has 21 heavy (non-hydrogen) atoms. The molecular formula is C17H34O4. The summed E-state index contributed by atoms with van der Waals surface area (Å²) in [7, 11) is 0. The van der Waals surface area contributed by atoms with E-state index in [9.17, 15) is 4.79 Å². The van der Waals surface area contributed by atoms with Crippen LogP contribution in [0.25, 0.3) is 0 Å². The van der Waals surface area contributed by atoms with Gasteiger partial charge in [0.05, 0.1) is 13.2 Å². The SMILES string of the molecule is CCCCCCCCCCCCOCC(CO)OC(C)=O. The highest BCUT2D eigenvalue weighted by Gasteiger charge is 2.10. The predicted molar refractivity (Wildman–Crippen MR) is 85.3 cm³/mol. The molecule has 0 heterocycles. The van der Waals surface area contributed by atoms with Crippen LogP contribution in [0, 0.1) is 0 Å². The van der Waals surface area contributed by atoms with Crippen LogP contribution >= 0.6 is 0 Å². The first-order valence-electron chi connectivity index (χ1n) is 8.56. The van der Waals surface area contributed by atoms with Crippen molar-refractivity contribution in [3.05, 3.63) is 0 Å². The molecule has 0 bridgehead atoms. The molecule has 4 heteroatoms. The minimum atomic E-state index is -0.523. The number of ether oxygens (including phenoxy) is 2. The zero-order valence-electron chi connectivity index (χ0n) is 13.9. The maximum Gasteiger partial charge on any atom is 0.303 e. The molecule has 1 unspecified atom stereocenters. The van der Waals surface area contributed by atoms with Gasteiger partial charge in [-0.05, 0) is 6.42 Å². The van der Waals surface area contributed by atoms with Gasteiger partial charge in [-0.1, -0.05) is 64.7 Å². The molecule has 4 nitrogen and oxygen atoms in total. The van der Waals surface area contributed by atoms with Crippen molar-refractivity contribution in [3.63, 3.8) is 0 Å². The van der Waals surface area contributed by atoms with E-state index in [1.165, 1.54) is 64.7 Å². The Morgan fingerprint density at radius 2 is 1.48 bits per heavy atom. The third-order valence-electron chi connectivity index (χ3n) is 3.48. The van der Waals surface area contributed by atoms with Crippen LogP contribution < -0.4 is 0 Å². The zero-order chi connectivity index (χ0) is 15.8. The quantitative estimate of drug-likeness (QED) is 0.369. The number of hydrogen-bond donors (Lipinski definition) is 1. The first-order valence-corrected chi connectivity index (χ1v) is 8.56.